The summed E-state index contributed by atoms with van der Waals surface area (Å²) in [6, 6.07) is 5.39. The molecule has 0 saturated carbocycles. The molecule has 0 amide bonds. The molecule has 3 fully saturated rings. The van der Waals surface area contributed by atoms with Gasteiger partial charge in [0.05, 0.1) is 32.5 Å². The minimum atomic E-state index is 0. The highest BCUT2D eigenvalue weighted by Gasteiger charge is 2.31. The average Bonchev–Trinajstić information content (AvgIpc) is 3.45. The summed E-state index contributed by atoms with van der Waals surface area (Å²) >= 11 is 1.84. The monoisotopic (exact) mass is 535 g/mol. The van der Waals surface area contributed by atoms with E-state index in [0.717, 1.165) is 78.2 Å². The molecule has 1 N–H and O–H groups in total. The van der Waals surface area contributed by atoms with Gasteiger partial charge in [0.1, 0.15) is 0 Å². The predicted molar refractivity (Wildman–Crippen MR) is 129 cm³/mol. The van der Waals surface area contributed by atoms with E-state index in [1.807, 2.05) is 18.4 Å². The second-order valence-electron chi connectivity index (χ2n) is 7.64. The Hall–Kier alpha value is -0.460. The Labute approximate surface area is 195 Å². The van der Waals surface area contributed by atoms with Crippen molar-refractivity contribution in [2.24, 2.45) is 4.99 Å². The molecule has 3 saturated heterocycles. The molecule has 0 aliphatic carbocycles. The number of guanidine groups is 1. The minimum absolute atomic E-state index is 0. The van der Waals surface area contributed by atoms with Crippen LogP contribution >= 0.6 is 35.3 Å². The maximum atomic E-state index is 5.56. The van der Waals surface area contributed by atoms with E-state index in [1.165, 1.54) is 11.3 Å². The summed E-state index contributed by atoms with van der Waals surface area (Å²) in [6.45, 7) is 10.5. The Morgan fingerprint density at radius 3 is 2.55 bits per heavy atom. The molecule has 7 nitrogen and oxygen atoms in total. The Bertz CT molecular complexity index is 620. The molecule has 3 aliphatic heterocycles. The number of thiophene rings is 1. The van der Waals surface area contributed by atoms with Gasteiger partial charge in [-0.15, -0.1) is 35.3 Å². The summed E-state index contributed by atoms with van der Waals surface area (Å²) < 4.78 is 11.1. The van der Waals surface area contributed by atoms with Crippen molar-refractivity contribution in [1.29, 1.82) is 0 Å². The molecule has 9 heteroatoms. The van der Waals surface area contributed by atoms with E-state index in [1.54, 1.807) is 0 Å². The molecule has 2 unspecified atom stereocenters. The lowest BCUT2D eigenvalue weighted by Gasteiger charge is -2.35. The fourth-order valence-corrected chi connectivity index (χ4v) is 5.34. The van der Waals surface area contributed by atoms with Crippen molar-refractivity contribution in [2.45, 2.75) is 18.5 Å². The Morgan fingerprint density at radius 1 is 1.17 bits per heavy atom. The first kappa shape index (κ1) is 23.2. The summed E-state index contributed by atoms with van der Waals surface area (Å²) in [6.07, 6.45) is 1.21. The van der Waals surface area contributed by atoms with Gasteiger partial charge in [0.15, 0.2) is 5.96 Å². The molecular formula is C20H34IN5O2S. The van der Waals surface area contributed by atoms with Gasteiger partial charge in [-0.1, -0.05) is 6.07 Å². The molecule has 0 spiro atoms. The van der Waals surface area contributed by atoms with Crippen LogP contribution < -0.4 is 5.32 Å². The van der Waals surface area contributed by atoms with Crippen molar-refractivity contribution < 1.29 is 9.47 Å². The maximum absolute atomic E-state index is 5.56. The number of morpholine rings is 2. The van der Waals surface area contributed by atoms with Gasteiger partial charge in [-0.25, -0.2) is 0 Å². The second-order valence-corrected chi connectivity index (χ2v) is 8.62. The molecule has 164 valence electrons. The third-order valence-corrected chi connectivity index (χ3v) is 7.02. The van der Waals surface area contributed by atoms with Gasteiger partial charge in [-0.3, -0.25) is 14.8 Å². The number of nitrogens with zero attached hydrogens (tertiary/aromatic N) is 4. The van der Waals surface area contributed by atoms with E-state index in [4.69, 9.17) is 9.47 Å². The first-order chi connectivity index (χ1) is 13.8. The molecule has 1 aromatic heterocycles. The van der Waals surface area contributed by atoms with Gasteiger partial charge < -0.3 is 19.7 Å². The third-order valence-electron chi connectivity index (χ3n) is 6.05. The van der Waals surface area contributed by atoms with Crippen molar-refractivity contribution in [1.82, 2.24) is 20.0 Å². The SMILES string of the molecule is CN=C(NCC(c1cccs1)N1CCOCC1)N1CCC(N2CCOCC2)C1.I. The van der Waals surface area contributed by atoms with Crippen LogP contribution in [0.1, 0.15) is 17.3 Å². The number of hydrogen-bond acceptors (Lipinski definition) is 6. The number of rotatable bonds is 5. The second kappa shape index (κ2) is 11.8. The van der Waals surface area contributed by atoms with Crippen LogP contribution in [-0.2, 0) is 9.47 Å². The summed E-state index contributed by atoms with van der Waals surface area (Å²) in [5, 5.41) is 5.85. The molecule has 4 rings (SSSR count). The Kier molecular flexibility index (Phi) is 9.45. The lowest BCUT2D eigenvalue weighted by Crippen LogP contribution is -2.48. The summed E-state index contributed by atoms with van der Waals surface area (Å²) in [5.41, 5.74) is 0. The Balaban J connectivity index is 0.00000240. The third kappa shape index (κ3) is 6.04. The zero-order valence-corrected chi connectivity index (χ0v) is 20.4. The smallest absolute Gasteiger partial charge is 0.193 e. The van der Waals surface area contributed by atoms with Crippen LogP contribution in [0.5, 0.6) is 0 Å². The van der Waals surface area contributed by atoms with Gasteiger partial charge in [-0.2, -0.15) is 0 Å². The molecule has 0 aromatic carbocycles. The van der Waals surface area contributed by atoms with Crippen LogP contribution in [0, 0.1) is 0 Å². The predicted octanol–water partition coefficient (Wildman–Crippen LogP) is 1.72. The molecule has 2 atom stereocenters. The molecule has 0 radical (unpaired) electrons. The number of nitrogens with one attached hydrogen (secondary N) is 1. The fourth-order valence-electron chi connectivity index (χ4n) is 4.47. The number of aliphatic imine (C=N–C) groups is 1. The number of likely N-dealkylation sites (tertiary alicyclic amines) is 1. The molecule has 29 heavy (non-hydrogen) atoms. The van der Waals surface area contributed by atoms with E-state index in [0.29, 0.717) is 12.1 Å². The summed E-state index contributed by atoms with van der Waals surface area (Å²) in [7, 11) is 1.90. The zero-order chi connectivity index (χ0) is 19.2. The summed E-state index contributed by atoms with van der Waals surface area (Å²) in [4.78, 5) is 13.6. The van der Waals surface area contributed by atoms with Gasteiger partial charge in [0, 0.05) is 63.8 Å². The van der Waals surface area contributed by atoms with Crippen molar-refractivity contribution in [3.05, 3.63) is 22.4 Å². The maximum Gasteiger partial charge on any atom is 0.193 e. The van der Waals surface area contributed by atoms with E-state index in [2.05, 4.69) is 42.5 Å². The number of halogens is 1. The van der Waals surface area contributed by atoms with Crippen LogP contribution in [0.25, 0.3) is 0 Å². The van der Waals surface area contributed by atoms with Gasteiger partial charge in [0.2, 0.25) is 0 Å². The molecule has 0 bridgehead atoms. The van der Waals surface area contributed by atoms with E-state index in [-0.39, 0.29) is 24.0 Å². The largest absolute Gasteiger partial charge is 0.379 e. The average molecular weight is 535 g/mol. The van der Waals surface area contributed by atoms with Gasteiger partial charge >= 0.3 is 0 Å². The minimum Gasteiger partial charge on any atom is -0.379 e. The lowest BCUT2D eigenvalue weighted by atomic mass is 10.2. The fraction of sp³-hybridized carbons (Fsp3) is 0.750. The zero-order valence-electron chi connectivity index (χ0n) is 17.3. The lowest BCUT2D eigenvalue weighted by molar-refractivity contribution is 0.0174. The highest BCUT2D eigenvalue weighted by Crippen LogP contribution is 2.25. The standard InChI is InChI=1S/C20H33N5O2S.HI/c1-21-20(25-5-4-17(16-25)23-6-10-26-11-7-23)22-15-18(19-3-2-14-28-19)24-8-12-27-13-9-24;/h2-3,14,17-18H,4-13,15-16H2,1H3,(H,21,22);1H. The van der Waals surface area contributed by atoms with Crippen LogP contribution in [0.4, 0.5) is 0 Å². The molecular weight excluding hydrogens is 501 g/mol. The van der Waals surface area contributed by atoms with Gasteiger partial charge in [-0.05, 0) is 17.9 Å². The normalized spacial score (nSPS) is 25.6. The topological polar surface area (TPSA) is 52.6 Å². The van der Waals surface area contributed by atoms with Crippen LogP contribution in [0.2, 0.25) is 0 Å². The highest BCUT2D eigenvalue weighted by atomic mass is 127. The molecule has 1 aromatic rings. The van der Waals surface area contributed by atoms with Crippen LogP contribution in [0.3, 0.4) is 0 Å². The van der Waals surface area contributed by atoms with Crippen LogP contribution in [0.15, 0.2) is 22.5 Å². The van der Waals surface area contributed by atoms with E-state index < -0.39 is 0 Å². The first-order valence-corrected chi connectivity index (χ1v) is 11.4. The van der Waals surface area contributed by atoms with Crippen LogP contribution in [-0.4, -0.2) is 106 Å². The van der Waals surface area contributed by atoms with Crippen molar-refractivity contribution in [3.8, 4) is 0 Å². The number of hydrogen-bond donors (Lipinski definition) is 1. The van der Waals surface area contributed by atoms with Crippen molar-refractivity contribution in [3.63, 3.8) is 0 Å². The first-order valence-electron chi connectivity index (χ1n) is 10.5. The quantitative estimate of drug-likeness (QED) is 0.352. The highest BCUT2D eigenvalue weighted by molar-refractivity contribution is 14.0. The van der Waals surface area contributed by atoms with E-state index >= 15 is 0 Å². The summed E-state index contributed by atoms with van der Waals surface area (Å²) in [5.74, 6) is 1.03. The van der Waals surface area contributed by atoms with E-state index in [9.17, 15) is 0 Å². The van der Waals surface area contributed by atoms with Gasteiger partial charge in [0.25, 0.3) is 0 Å². The van der Waals surface area contributed by atoms with Crippen molar-refractivity contribution >= 4 is 41.3 Å². The number of ether oxygens (including phenoxy) is 2. The molecule has 4 heterocycles. The van der Waals surface area contributed by atoms with Crippen molar-refractivity contribution in [2.75, 3.05) is 79.3 Å². The Morgan fingerprint density at radius 2 is 1.90 bits per heavy atom. The molecule has 3 aliphatic rings.